The first-order chi connectivity index (χ1) is 9.92. The lowest BCUT2D eigenvalue weighted by molar-refractivity contribution is 0.0656. The number of nitrogens with one attached hydrogen (secondary N) is 1. The van der Waals surface area contributed by atoms with Crippen molar-refractivity contribution in [1.82, 2.24) is 15.2 Å². The highest BCUT2D eigenvalue weighted by Crippen LogP contribution is 2.23. The van der Waals surface area contributed by atoms with Crippen molar-refractivity contribution < 1.29 is 4.79 Å². The molecule has 0 bridgehead atoms. The van der Waals surface area contributed by atoms with Crippen molar-refractivity contribution in [2.45, 2.75) is 45.7 Å². The lowest BCUT2D eigenvalue weighted by Gasteiger charge is -2.43. The fraction of sp³-hybridized carbons (Fsp3) is 0.733. The van der Waals surface area contributed by atoms with Gasteiger partial charge in [0.15, 0.2) is 0 Å². The van der Waals surface area contributed by atoms with E-state index in [-0.39, 0.29) is 11.4 Å². The largest absolute Gasteiger partial charge is 0.349 e. The minimum absolute atomic E-state index is 0.0307. The molecule has 1 aromatic rings. The van der Waals surface area contributed by atoms with Gasteiger partial charge in [-0.05, 0) is 39.2 Å². The predicted molar refractivity (Wildman–Crippen MR) is 86.4 cm³/mol. The molecule has 2 heterocycles. The molecule has 1 aliphatic rings. The average Bonchev–Trinajstić information content (AvgIpc) is 2.94. The summed E-state index contributed by atoms with van der Waals surface area (Å²) in [6.07, 6.45) is 2.55. The van der Waals surface area contributed by atoms with Crippen LogP contribution in [0.1, 0.15) is 49.1 Å². The van der Waals surface area contributed by atoms with Crippen LogP contribution >= 0.6 is 11.3 Å². The zero-order valence-corrected chi connectivity index (χ0v) is 14.0. The Morgan fingerprint density at radius 2 is 2.38 bits per heavy atom. The molecule has 118 valence electrons. The van der Waals surface area contributed by atoms with Crippen LogP contribution in [0.5, 0.6) is 0 Å². The average molecular weight is 310 g/mol. The van der Waals surface area contributed by atoms with Gasteiger partial charge in [-0.3, -0.25) is 9.69 Å². The summed E-state index contributed by atoms with van der Waals surface area (Å²) < 4.78 is 0. The molecule has 1 fully saturated rings. The number of carbonyl (C=O) groups excluding carboxylic acids is 1. The van der Waals surface area contributed by atoms with Crippen LogP contribution in [0.2, 0.25) is 0 Å². The number of likely N-dealkylation sites (tertiary alicyclic amines) is 1. The van der Waals surface area contributed by atoms with Gasteiger partial charge in [-0.15, -0.1) is 11.3 Å². The van der Waals surface area contributed by atoms with Gasteiger partial charge in [0.25, 0.3) is 5.91 Å². The topological polar surface area (TPSA) is 71.2 Å². The van der Waals surface area contributed by atoms with E-state index in [0.29, 0.717) is 18.8 Å². The molecule has 1 aromatic heterocycles. The number of hydrogen-bond donors (Lipinski definition) is 2. The van der Waals surface area contributed by atoms with E-state index in [4.69, 9.17) is 5.73 Å². The molecular weight excluding hydrogens is 284 g/mol. The van der Waals surface area contributed by atoms with Gasteiger partial charge in [-0.25, -0.2) is 4.98 Å². The summed E-state index contributed by atoms with van der Waals surface area (Å²) in [5.41, 5.74) is 5.97. The maximum atomic E-state index is 12.1. The van der Waals surface area contributed by atoms with Gasteiger partial charge < -0.3 is 11.1 Å². The molecule has 1 saturated heterocycles. The fourth-order valence-corrected chi connectivity index (χ4v) is 3.40. The quantitative estimate of drug-likeness (QED) is 0.870. The predicted octanol–water partition coefficient (Wildman–Crippen LogP) is 1.84. The summed E-state index contributed by atoms with van der Waals surface area (Å²) in [4.78, 5) is 18.8. The van der Waals surface area contributed by atoms with Crippen molar-refractivity contribution in [1.29, 1.82) is 0 Å². The number of aromatic nitrogens is 1. The number of piperidine rings is 1. The first-order valence-corrected chi connectivity index (χ1v) is 8.48. The van der Waals surface area contributed by atoms with E-state index < -0.39 is 0 Å². The van der Waals surface area contributed by atoms with Crippen molar-refractivity contribution in [3.8, 4) is 0 Å². The fourth-order valence-electron chi connectivity index (χ4n) is 2.75. The van der Waals surface area contributed by atoms with Crippen LogP contribution in [0.15, 0.2) is 5.38 Å². The maximum Gasteiger partial charge on any atom is 0.270 e. The SMILES string of the molecule is CC1CCCN(C(C)(C)CNC(=O)c2csc(CN)n2)C1. The Bertz CT molecular complexity index is 486. The number of amides is 1. The standard InChI is InChI=1S/C15H26N4OS/c1-11-5-4-6-19(8-11)15(2,3)10-17-14(20)12-9-21-13(7-16)18-12/h9,11H,4-8,10,16H2,1-3H3,(H,17,20). The monoisotopic (exact) mass is 310 g/mol. The lowest BCUT2D eigenvalue weighted by atomic mass is 9.93. The van der Waals surface area contributed by atoms with Crippen LogP contribution < -0.4 is 11.1 Å². The molecule has 0 saturated carbocycles. The second-order valence-corrected chi connectivity index (χ2v) is 7.46. The molecule has 5 nitrogen and oxygen atoms in total. The summed E-state index contributed by atoms with van der Waals surface area (Å²) in [5, 5.41) is 5.58. The van der Waals surface area contributed by atoms with Crippen molar-refractivity contribution in [2.24, 2.45) is 11.7 Å². The summed E-state index contributed by atoms with van der Waals surface area (Å²) >= 11 is 1.43. The number of hydrogen-bond acceptors (Lipinski definition) is 5. The molecule has 21 heavy (non-hydrogen) atoms. The zero-order chi connectivity index (χ0) is 15.5. The molecule has 3 N–H and O–H groups in total. The van der Waals surface area contributed by atoms with E-state index in [1.165, 1.54) is 24.2 Å². The minimum atomic E-state index is -0.107. The van der Waals surface area contributed by atoms with Gasteiger partial charge >= 0.3 is 0 Å². The molecule has 1 atom stereocenters. The second-order valence-electron chi connectivity index (χ2n) is 6.52. The second kappa shape index (κ2) is 6.85. The zero-order valence-electron chi connectivity index (χ0n) is 13.2. The van der Waals surface area contributed by atoms with Gasteiger partial charge in [0.2, 0.25) is 0 Å². The van der Waals surface area contributed by atoms with Crippen LogP contribution in [0.3, 0.4) is 0 Å². The van der Waals surface area contributed by atoms with Gasteiger partial charge in [0.05, 0.1) is 0 Å². The molecule has 1 unspecified atom stereocenters. The van der Waals surface area contributed by atoms with E-state index in [9.17, 15) is 4.79 Å². The molecule has 2 rings (SSSR count). The normalized spacial score (nSPS) is 20.5. The van der Waals surface area contributed by atoms with Crippen molar-refractivity contribution in [3.05, 3.63) is 16.1 Å². The van der Waals surface area contributed by atoms with Crippen molar-refractivity contribution in [2.75, 3.05) is 19.6 Å². The molecule has 6 heteroatoms. The third-order valence-electron chi connectivity index (χ3n) is 4.15. The Balaban J connectivity index is 1.89. The van der Waals surface area contributed by atoms with Crippen molar-refractivity contribution >= 4 is 17.2 Å². The number of thiazole rings is 1. The number of nitrogens with zero attached hydrogens (tertiary/aromatic N) is 2. The van der Waals surface area contributed by atoms with E-state index in [2.05, 4.69) is 36.0 Å². The molecule has 1 amide bonds. The smallest absolute Gasteiger partial charge is 0.270 e. The maximum absolute atomic E-state index is 12.1. The van der Waals surface area contributed by atoms with Gasteiger partial charge in [0.1, 0.15) is 10.7 Å². The highest BCUT2D eigenvalue weighted by Gasteiger charge is 2.30. The summed E-state index contributed by atoms with van der Waals surface area (Å²) in [6.45, 7) is 9.92. The van der Waals surface area contributed by atoms with Gasteiger partial charge in [-0.1, -0.05) is 6.92 Å². The highest BCUT2D eigenvalue weighted by molar-refractivity contribution is 7.09. The van der Waals surface area contributed by atoms with Crippen LogP contribution in [-0.4, -0.2) is 41.0 Å². The molecule has 1 aliphatic heterocycles. The Kier molecular flexibility index (Phi) is 5.35. The Labute approximate surface area is 130 Å². The molecule has 0 radical (unpaired) electrons. The van der Waals surface area contributed by atoms with Gasteiger partial charge in [-0.2, -0.15) is 0 Å². The third-order valence-corrected chi connectivity index (χ3v) is 5.02. The first kappa shape index (κ1) is 16.4. The summed E-state index contributed by atoms with van der Waals surface area (Å²) in [5.74, 6) is 0.628. The Morgan fingerprint density at radius 1 is 1.62 bits per heavy atom. The molecule has 0 spiro atoms. The summed E-state index contributed by atoms with van der Waals surface area (Å²) in [6, 6.07) is 0. The van der Waals surface area contributed by atoms with Crippen LogP contribution in [-0.2, 0) is 6.54 Å². The molecule has 0 aliphatic carbocycles. The van der Waals surface area contributed by atoms with Crippen molar-refractivity contribution in [3.63, 3.8) is 0 Å². The Morgan fingerprint density at radius 3 is 3.00 bits per heavy atom. The number of nitrogens with two attached hydrogens (primary N) is 1. The molecule has 0 aromatic carbocycles. The number of carbonyl (C=O) groups is 1. The number of rotatable bonds is 5. The first-order valence-electron chi connectivity index (χ1n) is 7.60. The summed E-state index contributed by atoms with van der Waals surface area (Å²) in [7, 11) is 0. The molecular formula is C15H26N4OS. The van der Waals surface area contributed by atoms with E-state index in [0.717, 1.165) is 24.0 Å². The van der Waals surface area contributed by atoms with Gasteiger partial charge in [0, 0.05) is 30.6 Å². The van der Waals surface area contributed by atoms with Crippen LogP contribution in [0.25, 0.3) is 0 Å². The Hall–Kier alpha value is -0.980. The van der Waals surface area contributed by atoms with E-state index in [1.54, 1.807) is 5.38 Å². The van der Waals surface area contributed by atoms with Crippen LogP contribution in [0, 0.1) is 5.92 Å². The highest BCUT2D eigenvalue weighted by atomic mass is 32.1. The minimum Gasteiger partial charge on any atom is -0.349 e. The van der Waals surface area contributed by atoms with Crippen LogP contribution in [0.4, 0.5) is 0 Å². The van der Waals surface area contributed by atoms with E-state index >= 15 is 0 Å². The third kappa shape index (κ3) is 4.25. The van der Waals surface area contributed by atoms with E-state index in [1.807, 2.05) is 0 Å². The lowest BCUT2D eigenvalue weighted by Crippen LogP contribution is -2.54.